The van der Waals surface area contributed by atoms with Crippen LogP contribution in [0, 0.1) is 0 Å². The van der Waals surface area contributed by atoms with Crippen LogP contribution in [-0.2, 0) is 16.1 Å². The van der Waals surface area contributed by atoms with E-state index in [0.717, 1.165) is 24.2 Å². The van der Waals surface area contributed by atoms with Gasteiger partial charge in [0, 0.05) is 19.5 Å². The molecule has 1 unspecified atom stereocenters. The fraction of sp³-hybridized carbons (Fsp3) is 0.529. The number of rotatable bonds is 6. The third kappa shape index (κ3) is 3.41. The van der Waals surface area contributed by atoms with Gasteiger partial charge in [0.25, 0.3) is 0 Å². The predicted molar refractivity (Wildman–Crippen MR) is 84.1 cm³/mol. The molecule has 0 radical (unpaired) electrons. The number of hydrogen-bond donors (Lipinski definition) is 1. The van der Waals surface area contributed by atoms with Crippen molar-refractivity contribution in [2.45, 2.75) is 45.2 Å². The lowest BCUT2D eigenvalue weighted by Gasteiger charge is -2.24. The van der Waals surface area contributed by atoms with Crippen LogP contribution in [0.25, 0.3) is 0 Å². The number of benzene rings is 1. The van der Waals surface area contributed by atoms with Crippen molar-refractivity contribution in [3.05, 3.63) is 23.8 Å². The van der Waals surface area contributed by atoms with Crippen LogP contribution in [0.5, 0.6) is 11.5 Å². The van der Waals surface area contributed by atoms with Crippen molar-refractivity contribution in [2.24, 2.45) is 0 Å². The van der Waals surface area contributed by atoms with E-state index in [9.17, 15) is 9.59 Å². The summed E-state index contributed by atoms with van der Waals surface area (Å²) in [6.07, 6.45) is 3.00. The Morgan fingerprint density at radius 2 is 2.17 bits per heavy atom. The molecular weight excluding hydrogens is 296 g/mol. The average Bonchev–Trinajstić information content (AvgIpc) is 3.14. The highest BCUT2D eigenvalue weighted by atomic mass is 16.7. The van der Waals surface area contributed by atoms with Gasteiger partial charge in [0.15, 0.2) is 11.5 Å². The molecule has 0 saturated carbocycles. The number of ether oxygens (including phenoxy) is 2. The molecule has 124 valence electrons. The summed E-state index contributed by atoms with van der Waals surface area (Å²) in [4.78, 5) is 26.1. The highest BCUT2D eigenvalue weighted by Gasteiger charge is 2.35. The van der Waals surface area contributed by atoms with Gasteiger partial charge in [0.05, 0.1) is 0 Å². The molecule has 6 heteroatoms. The predicted octanol–water partition coefficient (Wildman–Crippen LogP) is 1.82. The Morgan fingerprint density at radius 1 is 1.35 bits per heavy atom. The first-order chi connectivity index (χ1) is 11.2. The van der Waals surface area contributed by atoms with Gasteiger partial charge in [-0.15, -0.1) is 0 Å². The van der Waals surface area contributed by atoms with Gasteiger partial charge >= 0.3 is 0 Å². The minimum absolute atomic E-state index is 0.0262. The first kappa shape index (κ1) is 15.6. The maximum atomic E-state index is 12.3. The van der Waals surface area contributed by atoms with Crippen LogP contribution in [0.2, 0.25) is 0 Å². The van der Waals surface area contributed by atoms with E-state index in [0.29, 0.717) is 31.7 Å². The SMILES string of the molecule is CCCCNC(=O)C1CCC(=O)N1Cc1ccc2c(c1)OCO2. The van der Waals surface area contributed by atoms with Gasteiger partial charge in [-0.3, -0.25) is 9.59 Å². The minimum Gasteiger partial charge on any atom is -0.454 e. The third-order valence-corrected chi connectivity index (χ3v) is 4.25. The summed E-state index contributed by atoms with van der Waals surface area (Å²) in [7, 11) is 0. The van der Waals surface area contributed by atoms with Crippen molar-refractivity contribution in [3.63, 3.8) is 0 Å². The molecule has 1 fully saturated rings. The molecule has 3 rings (SSSR count). The minimum atomic E-state index is -0.371. The molecule has 0 aliphatic carbocycles. The van der Waals surface area contributed by atoms with Gasteiger partial charge in [-0.1, -0.05) is 19.4 Å². The average molecular weight is 318 g/mol. The number of fused-ring (bicyclic) bond motifs is 1. The largest absolute Gasteiger partial charge is 0.454 e. The number of nitrogens with zero attached hydrogens (tertiary/aromatic N) is 1. The zero-order valence-electron chi connectivity index (χ0n) is 13.3. The second kappa shape index (κ2) is 6.89. The molecule has 1 saturated heterocycles. The molecular formula is C17H22N2O4. The van der Waals surface area contributed by atoms with Gasteiger partial charge in [0.1, 0.15) is 6.04 Å². The fourth-order valence-electron chi connectivity index (χ4n) is 2.95. The molecule has 0 bridgehead atoms. The van der Waals surface area contributed by atoms with Gasteiger partial charge in [0.2, 0.25) is 18.6 Å². The van der Waals surface area contributed by atoms with E-state index in [1.54, 1.807) is 4.90 Å². The van der Waals surface area contributed by atoms with E-state index in [1.165, 1.54) is 0 Å². The monoisotopic (exact) mass is 318 g/mol. The molecule has 0 aromatic heterocycles. The van der Waals surface area contributed by atoms with Gasteiger partial charge in [-0.25, -0.2) is 0 Å². The Hall–Kier alpha value is -2.24. The molecule has 2 amide bonds. The number of amides is 2. The van der Waals surface area contributed by atoms with E-state index in [2.05, 4.69) is 12.2 Å². The van der Waals surface area contributed by atoms with Crippen LogP contribution >= 0.6 is 0 Å². The molecule has 0 spiro atoms. The summed E-state index contributed by atoms with van der Waals surface area (Å²) >= 11 is 0. The second-order valence-corrected chi connectivity index (χ2v) is 5.91. The van der Waals surface area contributed by atoms with Crippen molar-refractivity contribution >= 4 is 11.8 Å². The number of likely N-dealkylation sites (tertiary alicyclic amines) is 1. The maximum Gasteiger partial charge on any atom is 0.242 e. The molecule has 1 atom stereocenters. The number of nitrogens with one attached hydrogen (secondary N) is 1. The number of hydrogen-bond acceptors (Lipinski definition) is 4. The van der Waals surface area contributed by atoms with Gasteiger partial charge < -0.3 is 19.7 Å². The maximum absolute atomic E-state index is 12.3. The van der Waals surface area contributed by atoms with Crippen molar-refractivity contribution in [1.82, 2.24) is 10.2 Å². The zero-order chi connectivity index (χ0) is 16.2. The molecule has 2 aliphatic rings. The van der Waals surface area contributed by atoms with Gasteiger partial charge in [-0.2, -0.15) is 0 Å². The molecule has 1 aromatic rings. The molecule has 2 aliphatic heterocycles. The number of unbranched alkanes of at least 4 members (excludes halogenated alkanes) is 1. The van der Waals surface area contributed by atoms with E-state index in [1.807, 2.05) is 18.2 Å². The lowest BCUT2D eigenvalue weighted by atomic mass is 10.1. The highest BCUT2D eigenvalue weighted by Crippen LogP contribution is 2.33. The Labute approximate surface area is 135 Å². The summed E-state index contributed by atoms with van der Waals surface area (Å²) in [6, 6.07) is 5.25. The van der Waals surface area contributed by atoms with E-state index >= 15 is 0 Å². The lowest BCUT2D eigenvalue weighted by Crippen LogP contribution is -2.44. The fourth-order valence-corrected chi connectivity index (χ4v) is 2.95. The first-order valence-corrected chi connectivity index (χ1v) is 8.14. The Bertz CT molecular complexity index is 602. The van der Waals surface area contributed by atoms with Crippen LogP contribution in [-0.4, -0.2) is 36.1 Å². The zero-order valence-corrected chi connectivity index (χ0v) is 13.3. The summed E-state index contributed by atoms with van der Waals surface area (Å²) in [5, 5.41) is 2.93. The van der Waals surface area contributed by atoms with Crippen LogP contribution in [0.4, 0.5) is 0 Å². The Morgan fingerprint density at radius 3 is 3.00 bits per heavy atom. The van der Waals surface area contributed by atoms with Crippen LogP contribution < -0.4 is 14.8 Å². The number of carbonyl (C=O) groups is 2. The highest BCUT2D eigenvalue weighted by molar-refractivity contribution is 5.90. The molecule has 1 N–H and O–H groups in total. The van der Waals surface area contributed by atoms with E-state index in [4.69, 9.17) is 9.47 Å². The van der Waals surface area contributed by atoms with Crippen LogP contribution in [0.1, 0.15) is 38.2 Å². The molecule has 23 heavy (non-hydrogen) atoms. The van der Waals surface area contributed by atoms with Gasteiger partial charge in [-0.05, 0) is 30.5 Å². The summed E-state index contributed by atoms with van der Waals surface area (Å²) in [6.45, 7) is 3.39. The Kier molecular flexibility index (Phi) is 4.69. The third-order valence-electron chi connectivity index (χ3n) is 4.25. The summed E-state index contributed by atoms with van der Waals surface area (Å²) < 4.78 is 10.7. The second-order valence-electron chi connectivity index (χ2n) is 5.91. The number of carbonyl (C=O) groups excluding carboxylic acids is 2. The van der Waals surface area contributed by atoms with E-state index in [-0.39, 0.29) is 24.6 Å². The van der Waals surface area contributed by atoms with Crippen molar-refractivity contribution in [1.29, 1.82) is 0 Å². The van der Waals surface area contributed by atoms with Crippen molar-refractivity contribution in [2.75, 3.05) is 13.3 Å². The first-order valence-electron chi connectivity index (χ1n) is 8.14. The van der Waals surface area contributed by atoms with Crippen molar-refractivity contribution < 1.29 is 19.1 Å². The molecule has 6 nitrogen and oxygen atoms in total. The van der Waals surface area contributed by atoms with Crippen LogP contribution in [0.3, 0.4) is 0 Å². The molecule has 2 heterocycles. The standard InChI is InChI=1S/C17H22N2O4/c1-2-3-8-18-17(21)13-5-7-16(20)19(13)10-12-4-6-14-15(9-12)23-11-22-14/h4,6,9,13H,2-3,5,7-8,10-11H2,1H3,(H,18,21). The molecule has 1 aromatic carbocycles. The smallest absolute Gasteiger partial charge is 0.242 e. The summed E-state index contributed by atoms with van der Waals surface area (Å²) in [5.41, 5.74) is 0.941. The van der Waals surface area contributed by atoms with Crippen molar-refractivity contribution in [3.8, 4) is 11.5 Å². The lowest BCUT2D eigenvalue weighted by molar-refractivity contribution is -0.135. The van der Waals surface area contributed by atoms with E-state index < -0.39 is 0 Å². The quantitative estimate of drug-likeness (QED) is 0.813. The van der Waals surface area contributed by atoms with Crippen LogP contribution in [0.15, 0.2) is 18.2 Å². The topological polar surface area (TPSA) is 67.9 Å². The summed E-state index contributed by atoms with van der Waals surface area (Å²) in [5.74, 6) is 1.39. The normalized spacial score (nSPS) is 19.3. The Balaban J connectivity index is 1.66.